The summed E-state index contributed by atoms with van der Waals surface area (Å²) in [6.07, 6.45) is 0.573. The van der Waals surface area contributed by atoms with Crippen molar-refractivity contribution >= 4 is 35.4 Å². The molecule has 3 amide bonds. The largest absolute Gasteiger partial charge is 0.435 e. The van der Waals surface area contributed by atoms with E-state index in [0.717, 1.165) is 0 Å². The Morgan fingerprint density at radius 3 is 2.76 bits per heavy atom. The molecule has 1 aromatic carbocycles. The van der Waals surface area contributed by atoms with Gasteiger partial charge in [0.25, 0.3) is 5.91 Å². The van der Waals surface area contributed by atoms with E-state index in [0.29, 0.717) is 5.03 Å². The van der Waals surface area contributed by atoms with Crippen LogP contribution in [0.25, 0.3) is 0 Å². The Balaban J connectivity index is 1.91. The van der Waals surface area contributed by atoms with Gasteiger partial charge in [-0.1, -0.05) is 23.9 Å². The highest BCUT2D eigenvalue weighted by atomic mass is 32.2. The fraction of sp³-hybridized carbons (Fsp3) is 0.0833. The van der Waals surface area contributed by atoms with E-state index < -0.39 is 12.0 Å². The topological polar surface area (TPSA) is 123 Å². The minimum Gasteiger partial charge on any atom is -0.366 e. The van der Waals surface area contributed by atoms with Crippen LogP contribution < -0.4 is 21.8 Å². The van der Waals surface area contributed by atoms with Gasteiger partial charge in [-0.25, -0.2) is 10.3 Å². The van der Waals surface area contributed by atoms with E-state index >= 15 is 0 Å². The maximum Gasteiger partial charge on any atom is 0.435 e. The van der Waals surface area contributed by atoms with Crippen molar-refractivity contribution in [1.29, 1.82) is 0 Å². The van der Waals surface area contributed by atoms with Gasteiger partial charge < -0.3 is 15.9 Å². The number of nitrogens with one attached hydrogen (secondary N) is 3. The Bertz CT molecular complexity index is 617. The number of primary amides is 1. The number of para-hydroxylation sites is 1. The average Bonchev–Trinajstić information content (AvgIpc) is 2.47. The van der Waals surface area contributed by atoms with E-state index in [4.69, 9.17) is 10.6 Å². The van der Waals surface area contributed by atoms with Gasteiger partial charge in [0.05, 0.1) is 17.0 Å². The zero-order chi connectivity index (χ0) is 15.2. The summed E-state index contributed by atoms with van der Waals surface area (Å²) in [6.45, 7) is 0. The molecule has 0 fully saturated rings. The Kier molecular flexibility index (Phi) is 4.67. The maximum atomic E-state index is 11.6. The van der Waals surface area contributed by atoms with E-state index in [9.17, 15) is 14.4 Å². The molecule has 5 N–H and O–H groups in total. The van der Waals surface area contributed by atoms with Crippen molar-refractivity contribution in [1.82, 2.24) is 10.8 Å². The molecule has 110 valence electrons. The van der Waals surface area contributed by atoms with Gasteiger partial charge in [-0.2, -0.15) is 0 Å². The summed E-state index contributed by atoms with van der Waals surface area (Å²) >= 11 is 1.19. The van der Waals surface area contributed by atoms with Crippen LogP contribution >= 0.6 is 11.8 Å². The number of hydrogen-bond acceptors (Lipinski definition) is 6. The van der Waals surface area contributed by atoms with Crippen molar-refractivity contribution in [2.75, 3.05) is 11.1 Å². The van der Waals surface area contributed by atoms with Crippen molar-refractivity contribution in [3.05, 3.63) is 41.1 Å². The monoisotopic (exact) mass is 308 g/mol. The SMILES string of the molecule is NC(=O)c1ccccc1NC(=O)ONC1=CNC(=O)CS1. The van der Waals surface area contributed by atoms with E-state index in [-0.39, 0.29) is 22.9 Å². The third-order valence-electron chi connectivity index (χ3n) is 2.40. The molecular weight excluding hydrogens is 296 g/mol. The molecule has 0 bridgehead atoms. The zero-order valence-corrected chi connectivity index (χ0v) is 11.5. The first-order valence-corrected chi connectivity index (χ1v) is 6.80. The molecule has 0 unspecified atom stereocenters. The number of hydrogen-bond donors (Lipinski definition) is 4. The van der Waals surface area contributed by atoms with E-state index in [1.807, 2.05) is 0 Å². The minimum absolute atomic E-state index is 0.134. The van der Waals surface area contributed by atoms with E-state index in [2.05, 4.69) is 16.1 Å². The third kappa shape index (κ3) is 4.14. The number of anilines is 1. The van der Waals surface area contributed by atoms with Crippen molar-refractivity contribution in [3.8, 4) is 0 Å². The first-order valence-electron chi connectivity index (χ1n) is 5.81. The van der Waals surface area contributed by atoms with Crippen molar-refractivity contribution < 1.29 is 19.2 Å². The summed E-state index contributed by atoms with van der Waals surface area (Å²) in [5, 5.41) is 5.34. The first-order chi connectivity index (χ1) is 10.1. The number of carbonyl (C=O) groups excluding carboxylic acids is 3. The molecule has 1 aliphatic rings. The van der Waals surface area contributed by atoms with Crippen LogP contribution in [0.1, 0.15) is 10.4 Å². The van der Waals surface area contributed by atoms with Crippen molar-refractivity contribution in [2.24, 2.45) is 5.73 Å². The van der Waals surface area contributed by atoms with Crippen LogP contribution in [-0.2, 0) is 9.63 Å². The molecule has 2 rings (SSSR count). The van der Waals surface area contributed by atoms with Gasteiger partial charge in [0.2, 0.25) is 5.91 Å². The van der Waals surface area contributed by atoms with Crippen LogP contribution in [0.15, 0.2) is 35.5 Å². The number of benzene rings is 1. The molecule has 1 aliphatic heterocycles. The van der Waals surface area contributed by atoms with Gasteiger partial charge in [0.15, 0.2) is 0 Å². The predicted octanol–water partition coefficient (Wildman–Crippen LogP) is 0.501. The summed E-state index contributed by atoms with van der Waals surface area (Å²) in [7, 11) is 0. The second kappa shape index (κ2) is 6.66. The number of amides is 3. The number of rotatable bonds is 4. The lowest BCUT2D eigenvalue weighted by atomic mass is 10.2. The van der Waals surface area contributed by atoms with Crippen LogP contribution in [-0.4, -0.2) is 23.7 Å². The van der Waals surface area contributed by atoms with Gasteiger partial charge in [0.1, 0.15) is 5.03 Å². The van der Waals surface area contributed by atoms with Crippen LogP contribution in [0.4, 0.5) is 10.5 Å². The van der Waals surface area contributed by atoms with E-state index in [1.54, 1.807) is 12.1 Å². The van der Waals surface area contributed by atoms with Gasteiger partial charge >= 0.3 is 6.09 Å². The Morgan fingerprint density at radius 1 is 1.33 bits per heavy atom. The normalized spacial score (nSPS) is 13.7. The highest BCUT2D eigenvalue weighted by molar-refractivity contribution is 8.03. The summed E-state index contributed by atoms with van der Waals surface area (Å²) < 4.78 is 0. The quantitative estimate of drug-likeness (QED) is 0.601. The molecule has 9 heteroatoms. The molecule has 1 aromatic rings. The number of thioether (sulfide) groups is 1. The number of nitrogens with two attached hydrogens (primary N) is 1. The van der Waals surface area contributed by atoms with Crippen LogP contribution in [0.2, 0.25) is 0 Å². The predicted molar refractivity (Wildman–Crippen MR) is 76.9 cm³/mol. The Morgan fingerprint density at radius 2 is 2.10 bits per heavy atom. The molecule has 0 radical (unpaired) electrons. The molecule has 1 heterocycles. The minimum atomic E-state index is -0.818. The third-order valence-corrected chi connectivity index (χ3v) is 3.32. The van der Waals surface area contributed by atoms with Gasteiger partial charge in [0, 0.05) is 6.20 Å². The van der Waals surface area contributed by atoms with Crippen LogP contribution in [0.5, 0.6) is 0 Å². The molecular formula is C12H12N4O4S. The lowest BCUT2D eigenvalue weighted by Gasteiger charge is -2.14. The molecule has 0 aromatic heterocycles. The summed E-state index contributed by atoms with van der Waals surface area (Å²) in [4.78, 5) is 38.5. The average molecular weight is 308 g/mol. The smallest absolute Gasteiger partial charge is 0.366 e. The molecule has 8 nitrogen and oxygen atoms in total. The highest BCUT2D eigenvalue weighted by Crippen LogP contribution is 2.16. The molecule has 0 aliphatic carbocycles. The Hall–Kier alpha value is -2.68. The van der Waals surface area contributed by atoms with Gasteiger partial charge in [-0.05, 0) is 12.1 Å². The maximum absolute atomic E-state index is 11.6. The number of hydroxylamine groups is 1. The standard InChI is InChI=1S/C12H12N4O4S/c13-11(18)7-3-1-2-4-8(7)15-12(19)20-16-10-5-14-9(17)6-21-10/h1-5,16H,6H2,(H2,13,18)(H,14,17)(H,15,19). The van der Waals surface area contributed by atoms with Gasteiger partial charge in [-0.15, -0.1) is 0 Å². The number of carbonyl (C=O) groups is 3. The Labute approximate surface area is 124 Å². The zero-order valence-electron chi connectivity index (χ0n) is 10.7. The molecule has 0 spiro atoms. The molecule has 21 heavy (non-hydrogen) atoms. The summed E-state index contributed by atoms with van der Waals surface area (Å²) in [5.74, 6) is -0.564. The molecule has 0 saturated heterocycles. The second-order valence-electron chi connectivity index (χ2n) is 3.89. The van der Waals surface area contributed by atoms with E-state index in [1.165, 1.54) is 30.1 Å². The molecule has 0 saturated carbocycles. The first kappa shape index (κ1) is 14.7. The summed E-state index contributed by atoms with van der Waals surface area (Å²) in [5.41, 5.74) is 8.01. The van der Waals surface area contributed by atoms with Crippen LogP contribution in [0, 0.1) is 0 Å². The second-order valence-corrected chi connectivity index (χ2v) is 4.91. The van der Waals surface area contributed by atoms with Gasteiger partial charge in [-0.3, -0.25) is 14.9 Å². The van der Waals surface area contributed by atoms with Crippen molar-refractivity contribution in [3.63, 3.8) is 0 Å². The fourth-order valence-electron chi connectivity index (χ4n) is 1.47. The van der Waals surface area contributed by atoms with Crippen LogP contribution in [0.3, 0.4) is 0 Å². The highest BCUT2D eigenvalue weighted by Gasteiger charge is 2.14. The fourth-order valence-corrected chi connectivity index (χ4v) is 2.08. The van der Waals surface area contributed by atoms with Crippen molar-refractivity contribution in [2.45, 2.75) is 0 Å². The molecule has 0 atom stereocenters. The summed E-state index contributed by atoms with van der Waals surface area (Å²) in [6, 6.07) is 6.28. The lowest BCUT2D eigenvalue weighted by molar-refractivity contribution is -0.117. The lowest BCUT2D eigenvalue weighted by Crippen LogP contribution is -2.30.